The van der Waals surface area contributed by atoms with Gasteiger partial charge >= 0.3 is 6.09 Å². The molecule has 0 bridgehead atoms. The molecule has 152 valence electrons. The number of nitrogens with zero attached hydrogens (tertiary/aromatic N) is 2. The number of carbonyl (C=O) groups excluding carboxylic acids is 1. The molecule has 2 aliphatic carbocycles. The Morgan fingerprint density at radius 3 is 2.37 bits per heavy atom. The topological polar surface area (TPSA) is 72.9 Å². The Kier molecular flexibility index (Phi) is 4.90. The Morgan fingerprint density at radius 2 is 1.85 bits per heavy atom. The van der Waals surface area contributed by atoms with E-state index in [0.29, 0.717) is 18.5 Å². The second-order valence-corrected chi connectivity index (χ2v) is 9.82. The first-order chi connectivity index (χ1) is 12.9. The minimum absolute atomic E-state index is 0.0559. The summed E-state index contributed by atoms with van der Waals surface area (Å²) >= 11 is 0. The van der Waals surface area contributed by atoms with Crippen LogP contribution in [-0.4, -0.2) is 64.7 Å². The molecule has 1 spiro atoms. The third kappa shape index (κ3) is 3.34. The molecule has 3 atom stereocenters. The van der Waals surface area contributed by atoms with Gasteiger partial charge in [0.25, 0.3) is 0 Å². The zero-order valence-electron chi connectivity index (χ0n) is 16.9. The molecule has 27 heavy (non-hydrogen) atoms. The van der Waals surface area contributed by atoms with Gasteiger partial charge < -0.3 is 20.2 Å². The van der Waals surface area contributed by atoms with E-state index in [1.54, 1.807) is 4.90 Å². The Hall–Kier alpha value is -1.30. The Labute approximate surface area is 162 Å². The monoisotopic (exact) mass is 377 g/mol. The minimum Gasteiger partial charge on any atom is -0.465 e. The Morgan fingerprint density at radius 1 is 1.15 bits per heavy atom. The molecule has 6 heteroatoms. The second-order valence-electron chi connectivity index (χ2n) is 9.82. The quantitative estimate of drug-likeness (QED) is 0.790. The van der Waals surface area contributed by atoms with E-state index < -0.39 is 6.09 Å². The molecule has 2 N–H and O–H groups in total. The molecule has 2 saturated heterocycles. The van der Waals surface area contributed by atoms with Crippen LogP contribution in [0.2, 0.25) is 0 Å². The van der Waals surface area contributed by atoms with Crippen molar-refractivity contribution in [2.24, 2.45) is 17.3 Å². The lowest BCUT2D eigenvalue weighted by Gasteiger charge is -2.58. The molecule has 0 radical (unpaired) electrons. The number of rotatable bonds is 4. The van der Waals surface area contributed by atoms with E-state index in [0.717, 1.165) is 64.6 Å². The summed E-state index contributed by atoms with van der Waals surface area (Å²) in [6, 6.07) is 0.580. The molecule has 0 aromatic carbocycles. The van der Waals surface area contributed by atoms with E-state index >= 15 is 0 Å². The van der Waals surface area contributed by atoms with Crippen LogP contribution in [0.3, 0.4) is 0 Å². The number of carboxylic acid groups (broad SMARTS) is 1. The van der Waals surface area contributed by atoms with E-state index in [1.807, 2.05) is 0 Å². The van der Waals surface area contributed by atoms with E-state index in [4.69, 9.17) is 0 Å². The van der Waals surface area contributed by atoms with Crippen molar-refractivity contribution in [1.82, 2.24) is 15.1 Å². The van der Waals surface area contributed by atoms with Crippen molar-refractivity contribution in [3.8, 4) is 0 Å². The fourth-order valence-electron chi connectivity index (χ4n) is 6.30. The molecule has 2 aliphatic heterocycles. The van der Waals surface area contributed by atoms with Crippen LogP contribution >= 0.6 is 0 Å². The second kappa shape index (κ2) is 6.94. The maximum Gasteiger partial charge on any atom is 0.407 e. The van der Waals surface area contributed by atoms with Crippen molar-refractivity contribution in [3.63, 3.8) is 0 Å². The lowest BCUT2D eigenvalue weighted by molar-refractivity contribution is -0.131. The van der Waals surface area contributed by atoms with Gasteiger partial charge in [0.2, 0.25) is 5.91 Å². The van der Waals surface area contributed by atoms with Crippen molar-refractivity contribution in [3.05, 3.63) is 0 Å². The van der Waals surface area contributed by atoms with Crippen molar-refractivity contribution in [1.29, 1.82) is 0 Å². The highest BCUT2D eigenvalue weighted by atomic mass is 16.4. The third-order valence-corrected chi connectivity index (χ3v) is 8.21. The van der Waals surface area contributed by atoms with Gasteiger partial charge in [-0.05, 0) is 76.3 Å². The van der Waals surface area contributed by atoms with Gasteiger partial charge in [0.05, 0.1) is 0 Å². The first-order valence-corrected chi connectivity index (χ1v) is 10.9. The summed E-state index contributed by atoms with van der Waals surface area (Å²) in [6.07, 6.45) is 7.90. The number of likely N-dealkylation sites (tertiary alicyclic amines) is 2. The average Bonchev–Trinajstić information content (AvgIpc) is 3.06. The van der Waals surface area contributed by atoms with Crippen molar-refractivity contribution in [2.75, 3.05) is 26.2 Å². The highest BCUT2D eigenvalue weighted by Crippen LogP contribution is 2.56. The summed E-state index contributed by atoms with van der Waals surface area (Å²) in [4.78, 5) is 28.1. The summed E-state index contributed by atoms with van der Waals surface area (Å²) in [6.45, 7) is 7.85. The summed E-state index contributed by atoms with van der Waals surface area (Å²) in [7, 11) is 0. The SMILES string of the molecule is CCC1C(N2CCC(C(=O)NC3(C)CCC3)CC2)C[C@@]12CCN(C(=O)O)C2. The maximum atomic E-state index is 12.6. The molecule has 2 amide bonds. The molecule has 2 saturated carbocycles. The van der Waals surface area contributed by atoms with E-state index in [1.165, 1.54) is 6.42 Å². The lowest BCUT2D eigenvalue weighted by atomic mass is 9.54. The molecule has 6 nitrogen and oxygen atoms in total. The molecule has 2 unspecified atom stereocenters. The summed E-state index contributed by atoms with van der Waals surface area (Å²) in [5.74, 6) is 1.03. The predicted molar refractivity (Wildman–Crippen MR) is 104 cm³/mol. The maximum absolute atomic E-state index is 12.6. The predicted octanol–water partition coefficient (Wildman–Crippen LogP) is 2.93. The van der Waals surface area contributed by atoms with Crippen LogP contribution in [0, 0.1) is 17.3 Å². The number of nitrogens with one attached hydrogen (secondary N) is 1. The van der Waals surface area contributed by atoms with Gasteiger partial charge in [-0.3, -0.25) is 4.79 Å². The first-order valence-electron chi connectivity index (χ1n) is 10.9. The first kappa shape index (κ1) is 19.0. The molecule has 0 aromatic rings. The van der Waals surface area contributed by atoms with Crippen LogP contribution in [0.1, 0.15) is 65.2 Å². The van der Waals surface area contributed by atoms with Crippen molar-refractivity contribution in [2.45, 2.75) is 76.8 Å². The van der Waals surface area contributed by atoms with E-state index in [-0.39, 0.29) is 22.8 Å². The summed E-state index contributed by atoms with van der Waals surface area (Å²) in [5, 5.41) is 12.6. The van der Waals surface area contributed by atoms with Gasteiger partial charge in [-0.25, -0.2) is 4.79 Å². The molecule has 4 rings (SSSR count). The van der Waals surface area contributed by atoms with Gasteiger partial charge in [0.15, 0.2) is 0 Å². The number of amides is 2. The smallest absolute Gasteiger partial charge is 0.407 e. The van der Waals surface area contributed by atoms with Gasteiger partial charge in [-0.1, -0.05) is 13.3 Å². The summed E-state index contributed by atoms with van der Waals surface area (Å²) < 4.78 is 0. The van der Waals surface area contributed by atoms with Crippen LogP contribution in [0.4, 0.5) is 4.79 Å². The highest BCUT2D eigenvalue weighted by Gasteiger charge is 2.58. The number of carbonyl (C=O) groups is 2. The van der Waals surface area contributed by atoms with E-state index in [2.05, 4.69) is 24.1 Å². The molecular weight excluding hydrogens is 342 g/mol. The highest BCUT2D eigenvalue weighted by molar-refractivity contribution is 5.79. The lowest BCUT2D eigenvalue weighted by Crippen LogP contribution is -2.62. The minimum atomic E-state index is -0.767. The Balaban J connectivity index is 1.29. The fraction of sp³-hybridized carbons (Fsp3) is 0.905. The molecular formula is C21H35N3O3. The van der Waals surface area contributed by atoms with Crippen molar-refractivity contribution < 1.29 is 14.7 Å². The summed E-state index contributed by atoms with van der Waals surface area (Å²) in [5.41, 5.74) is 0.269. The van der Waals surface area contributed by atoms with Crippen LogP contribution in [0.5, 0.6) is 0 Å². The Bertz CT molecular complexity index is 597. The fourth-order valence-corrected chi connectivity index (χ4v) is 6.30. The van der Waals surface area contributed by atoms with Gasteiger partial charge in [-0.2, -0.15) is 0 Å². The molecule has 4 fully saturated rings. The van der Waals surface area contributed by atoms with E-state index in [9.17, 15) is 14.7 Å². The largest absolute Gasteiger partial charge is 0.465 e. The standard InChI is InChI=1S/C21H35N3O3/c1-3-16-17(13-21(16)9-12-24(14-21)19(26)27)23-10-5-15(6-11-23)18(25)22-20(2)7-4-8-20/h15-17H,3-14H2,1-2H3,(H,22,25)(H,26,27)/t16?,17?,21-/m1/s1. The van der Waals surface area contributed by atoms with Gasteiger partial charge in [0, 0.05) is 30.6 Å². The number of piperidine rings is 1. The molecule has 2 heterocycles. The van der Waals surface area contributed by atoms with Crippen molar-refractivity contribution >= 4 is 12.0 Å². The van der Waals surface area contributed by atoms with Gasteiger partial charge in [-0.15, -0.1) is 0 Å². The third-order valence-electron chi connectivity index (χ3n) is 8.21. The van der Waals surface area contributed by atoms with Crippen LogP contribution in [0.25, 0.3) is 0 Å². The van der Waals surface area contributed by atoms with Crippen LogP contribution < -0.4 is 5.32 Å². The zero-order valence-corrected chi connectivity index (χ0v) is 16.9. The zero-order chi connectivity index (χ0) is 19.2. The number of hydrogen-bond acceptors (Lipinski definition) is 3. The number of hydrogen-bond donors (Lipinski definition) is 2. The van der Waals surface area contributed by atoms with Gasteiger partial charge in [0.1, 0.15) is 0 Å². The van der Waals surface area contributed by atoms with Crippen LogP contribution in [0.15, 0.2) is 0 Å². The average molecular weight is 378 g/mol. The van der Waals surface area contributed by atoms with Crippen LogP contribution in [-0.2, 0) is 4.79 Å². The normalized spacial score (nSPS) is 36.3. The molecule has 4 aliphatic rings. The molecule has 0 aromatic heterocycles.